The van der Waals surface area contributed by atoms with Crippen LogP contribution in [0.1, 0.15) is 25.7 Å². The predicted octanol–water partition coefficient (Wildman–Crippen LogP) is -0.522. The minimum Gasteiger partial charge on any atom is -0.393 e. The maximum atomic E-state index is 11.7. The highest BCUT2D eigenvalue weighted by molar-refractivity contribution is 5.76. The van der Waals surface area contributed by atoms with Gasteiger partial charge in [0.2, 0.25) is 5.91 Å². The Morgan fingerprint density at radius 3 is 3.12 bits per heavy atom. The van der Waals surface area contributed by atoms with E-state index in [-0.39, 0.29) is 17.6 Å². The summed E-state index contributed by atoms with van der Waals surface area (Å²) in [6.07, 6.45) is 2.31. The molecule has 1 spiro atoms. The molecule has 0 aromatic carbocycles. The fourth-order valence-electron chi connectivity index (χ4n) is 2.63. The SMILES string of the molecule is NCCC(=O)N1CC[C@]2(C[C@H](O)CCO2)C1. The van der Waals surface area contributed by atoms with Crippen molar-refractivity contribution in [2.45, 2.75) is 37.4 Å². The molecule has 2 fully saturated rings. The molecule has 0 radical (unpaired) electrons. The third-order valence-corrected chi connectivity index (χ3v) is 3.49. The zero-order chi connectivity index (χ0) is 11.6. The number of aliphatic hydroxyl groups excluding tert-OH is 1. The first-order chi connectivity index (χ1) is 7.65. The summed E-state index contributed by atoms with van der Waals surface area (Å²) in [5.74, 6) is 0.100. The molecule has 0 aromatic heterocycles. The zero-order valence-corrected chi connectivity index (χ0v) is 9.52. The largest absolute Gasteiger partial charge is 0.393 e. The number of nitrogens with two attached hydrogens (primary N) is 1. The van der Waals surface area contributed by atoms with Crippen molar-refractivity contribution in [2.75, 3.05) is 26.2 Å². The number of hydrogen-bond acceptors (Lipinski definition) is 4. The van der Waals surface area contributed by atoms with E-state index < -0.39 is 0 Å². The first-order valence-electron chi connectivity index (χ1n) is 5.95. The highest BCUT2D eigenvalue weighted by Crippen LogP contribution is 2.34. The van der Waals surface area contributed by atoms with Crippen molar-refractivity contribution < 1.29 is 14.6 Å². The predicted molar refractivity (Wildman–Crippen MR) is 58.8 cm³/mol. The molecule has 2 heterocycles. The maximum absolute atomic E-state index is 11.7. The Labute approximate surface area is 95.5 Å². The van der Waals surface area contributed by atoms with Crippen LogP contribution in [0.15, 0.2) is 0 Å². The lowest BCUT2D eigenvalue weighted by Gasteiger charge is -2.36. The molecule has 16 heavy (non-hydrogen) atoms. The Bertz CT molecular complexity index is 272. The quantitative estimate of drug-likeness (QED) is 0.666. The average Bonchev–Trinajstić information content (AvgIpc) is 2.62. The van der Waals surface area contributed by atoms with Gasteiger partial charge in [0.15, 0.2) is 0 Å². The van der Waals surface area contributed by atoms with Gasteiger partial charge in [-0.3, -0.25) is 4.79 Å². The van der Waals surface area contributed by atoms with Crippen molar-refractivity contribution in [3.05, 3.63) is 0 Å². The van der Waals surface area contributed by atoms with Gasteiger partial charge in [0.1, 0.15) is 0 Å². The highest BCUT2D eigenvalue weighted by atomic mass is 16.5. The van der Waals surface area contributed by atoms with Gasteiger partial charge >= 0.3 is 0 Å². The minimum atomic E-state index is -0.290. The van der Waals surface area contributed by atoms with Crippen molar-refractivity contribution >= 4 is 5.91 Å². The van der Waals surface area contributed by atoms with E-state index in [4.69, 9.17) is 10.5 Å². The summed E-state index contributed by atoms with van der Waals surface area (Å²) in [7, 11) is 0. The van der Waals surface area contributed by atoms with Crippen LogP contribution < -0.4 is 5.73 Å². The van der Waals surface area contributed by atoms with Gasteiger partial charge in [-0.15, -0.1) is 0 Å². The summed E-state index contributed by atoms with van der Waals surface area (Å²) >= 11 is 0. The topological polar surface area (TPSA) is 75.8 Å². The first-order valence-corrected chi connectivity index (χ1v) is 5.95. The Balaban J connectivity index is 1.93. The standard InChI is InChI=1S/C11H20N2O3/c12-4-1-10(15)13-5-3-11(8-13)7-9(14)2-6-16-11/h9,14H,1-8,12H2/t9-,11+/m1/s1. The molecule has 5 nitrogen and oxygen atoms in total. The van der Waals surface area contributed by atoms with Crippen molar-refractivity contribution in [1.82, 2.24) is 4.90 Å². The Kier molecular flexibility index (Phi) is 3.47. The summed E-state index contributed by atoms with van der Waals surface area (Å²) in [4.78, 5) is 13.5. The van der Waals surface area contributed by atoms with Gasteiger partial charge in [-0.1, -0.05) is 0 Å². The minimum absolute atomic E-state index is 0.100. The van der Waals surface area contributed by atoms with Crippen LogP contribution in [-0.4, -0.2) is 53.9 Å². The van der Waals surface area contributed by atoms with Gasteiger partial charge in [0, 0.05) is 39.1 Å². The summed E-state index contributed by atoms with van der Waals surface area (Å²) < 4.78 is 5.77. The van der Waals surface area contributed by atoms with Crippen molar-refractivity contribution in [2.24, 2.45) is 5.73 Å². The van der Waals surface area contributed by atoms with E-state index in [1.165, 1.54) is 0 Å². The Morgan fingerprint density at radius 1 is 1.62 bits per heavy atom. The second-order valence-electron chi connectivity index (χ2n) is 4.78. The lowest BCUT2D eigenvalue weighted by atomic mass is 9.91. The number of amides is 1. The van der Waals surface area contributed by atoms with Gasteiger partial charge in [-0.25, -0.2) is 0 Å². The molecule has 0 unspecified atom stereocenters. The molecule has 3 N–H and O–H groups in total. The summed E-state index contributed by atoms with van der Waals surface area (Å²) in [6, 6.07) is 0. The van der Waals surface area contributed by atoms with E-state index in [9.17, 15) is 9.90 Å². The lowest BCUT2D eigenvalue weighted by molar-refractivity contribution is -0.135. The molecular weight excluding hydrogens is 208 g/mol. The van der Waals surface area contributed by atoms with E-state index in [0.29, 0.717) is 39.0 Å². The second kappa shape index (κ2) is 4.69. The van der Waals surface area contributed by atoms with Gasteiger partial charge in [0.05, 0.1) is 11.7 Å². The van der Waals surface area contributed by atoms with E-state index in [0.717, 1.165) is 13.0 Å². The summed E-state index contributed by atoms with van der Waals surface area (Å²) in [6.45, 7) is 2.33. The number of carbonyl (C=O) groups excluding carboxylic acids is 1. The van der Waals surface area contributed by atoms with Crippen LogP contribution in [0.4, 0.5) is 0 Å². The molecule has 2 aliphatic rings. The fourth-order valence-corrected chi connectivity index (χ4v) is 2.63. The van der Waals surface area contributed by atoms with Crippen LogP contribution in [0.5, 0.6) is 0 Å². The molecule has 2 aliphatic heterocycles. The number of nitrogens with zero attached hydrogens (tertiary/aromatic N) is 1. The smallest absolute Gasteiger partial charge is 0.223 e. The summed E-state index contributed by atoms with van der Waals surface area (Å²) in [5.41, 5.74) is 5.08. The third kappa shape index (κ3) is 2.36. The van der Waals surface area contributed by atoms with E-state index in [1.54, 1.807) is 0 Å². The number of carbonyl (C=O) groups is 1. The molecule has 2 atom stereocenters. The van der Waals surface area contributed by atoms with Gasteiger partial charge < -0.3 is 20.5 Å². The molecule has 5 heteroatoms. The van der Waals surface area contributed by atoms with E-state index in [1.807, 2.05) is 4.90 Å². The number of likely N-dealkylation sites (tertiary alicyclic amines) is 1. The molecular formula is C11H20N2O3. The van der Waals surface area contributed by atoms with Crippen molar-refractivity contribution in [3.8, 4) is 0 Å². The fraction of sp³-hybridized carbons (Fsp3) is 0.909. The van der Waals surface area contributed by atoms with Crippen LogP contribution in [0.3, 0.4) is 0 Å². The van der Waals surface area contributed by atoms with Crippen LogP contribution in [-0.2, 0) is 9.53 Å². The maximum Gasteiger partial charge on any atom is 0.223 e. The van der Waals surface area contributed by atoms with Crippen LogP contribution in [0.2, 0.25) is 0 Å². The monoisotopic (exact) mass is 228 g/mol. The second-order valence-corrected chi connectivity index (χ2v) is 4.78. The number of hydrogen-bond donors (Lipinski definition) is 2. The Hall–Kier alpha value is -0.650. The average molecular weight is 228 g/mol. The van der Waals surface area contributed by atoms with E-state index in [2.05, 4.69) is 0 Å². The lowest BCUT2D eigenvalue weighted by Crippen LogP contribution is -2.45. The molecule has 1 amide bonds. The number of aliphatic hydroxyl groups is 1. The summed E-state index contributed by atoms with van der Waals surface area (Å²) in [5, 5.41) is 9.66. The van der Waals surface area contributed by atoms with E-state index >= 15 is 0 Å². The molecule has 2 saturated heterocycles. The molecule has 0 aliphatic carbocycles. The van der Waals surface area contributed by atoms with Gasteiger partial charge in [-0.05, 0) is 12.8 Å². The molecule has 0 aromatic rings. The van der Waals surface area contributed by atoms with Crippen LogP contribution in [0.25, 0.3) is 0 Å². The van der Waals surface area contributed by atoms with Gasteiger partial charge in [0.25, 0.3) is 0 Å². The normalized spacial score (nSPS) is 34.6. The molecule has 2 rings (SSSR count). The van der Waals surface area contributed by atoms with Crippen LogP contribution in [0, 0.1) is 0 Å². The van der Waals surface area contributed by atoms with Crippen molar-refractivity contribution in [1.29, 1.82) is 0 Å². The third-order valence-electron chi connectivity index (χ3n) is 3.49. The van der Waals surface area contributed by atoms with Gasteiger partial charge in [-0.2, -0.15) is 0 Å². The molecule has 92 valence electrons. The molecule has 0 saturated carbocycles. The van der Waals surface area contributed by atoms with Crippen LogP contribution >= 0.6 is 0 Å². The number of rotatable bonds is 2. The van der Waals surface area contributed by atoms with Crippen molar-refractivity contribution in [3.63, 3.8) is 0 Å². The zero-order valence-electron chi connectivity index (χ0n) is 9.52. The molecule has 0 bridgehead atoms. The first kappa shape index (κ1) is 11.8. The highest BCUT2D eigenvalue weighted by Gasteiger charge is 2.43. The Morgan fingerprint density at radius 2 is 2.44 bits per heavy atom. The number of ether oxygens (including phenoxy) is 1.